The highest BCUT2D eigenvalue weighted by Gasteiger charge is 2.20. The first-order chi connectivity index (χ1) is 7.84. The predicted molar refractivity (Wildman–Crippen MR) is 66.4 cm³/mol. The fourth-order valence-electron chi connectivity index (χ4n) is 1.90. The van der Waals surface area contributed by atoms with Crippen molar-refractivity contribution in [3.8, 4) is 0 Å². The lowest BCUT2D eigenvalue weighted by molar-refractivity contribution is 0.103. The molecule has 2 aromatic rings. The van der Waals surface area contributed by atoms with Gasteiger partial charge in [0.05, 0.1) is 10.6 Å². The molecule has 82 valence electrons. The van der Waals surface area contributed by atoms with E-state index in [2.05, 4.69) is 9.69 Å². The van der Waals surface area contributed by atoms with Crippen LogP contribution < -0.4 is 5.32 Å². The smallest absolute Gasteiger partial charge is 0.266 e. The molecule has 1 aliphatic rings. The largest absolute Gasteiger partial charge is 0.311 e. The molecular weight excluding hydrogens is 240 g/mol. The molecule has 3 rings (SSSR count). The lowest BCUT2D eigenvalue weighted by Crippen LogP contribution is -2.09. The summed E-state index contributed by atoms with van der Waals surface area (Å²) >= 11 is 2.86. The van der Waals surface area contributed by atoms with Crippen LogP contribution in [0.5, 0.6) is 0 Å². The summed E-state index contributed by atoms with van der Waals surface area (Å²) in [7, 11) is 0. The lowest BCUT2D eigenvalue weighted by atomic mass is 10.3. The zero-order valence-corrected chi connectivity index (χ0v) is 10.2. The molecule has 1 amide bonds. The van der Waals surface area contributed by atoms with Gasteiger partial charge in [-0.25, -0.2) is 0 Å². The van der Waals surface area contributed by atoms with E-state index < -0.39 is 0 Å². The van der Waals surface area contributed by atoms with E-state index in [1.165, 1.54) is 34.1 Å². The standard InChI is InChI=1S/C11H10N2OS2/c14-10(9-5-2-6-15-9)12-11-7-3-1-4-8(7)13-16-11/h2,5-6H,1,3-4H2,(H,12,14). The van der Waals surface area contributed by atoms with E-state index in [1.54, 1.807) is 0 Å². The van der Waals surface area contributed by atoms with Crippen LogP contribution in [0.2, 0.25) is 0 Å². The van der Waals surface area contributed by atoms with Gasteiger partial charge < -0.3 is 5.32 Å². The number of aryl methyl sites for hydroxylation is 1. The Labute approximate surface area is 101 Å². The monoisotopic (exact) mass is 250 g/mol. The average molecular weight is 250 g/mol. The third kappa shape index (κ3) is 1.66. The maximum Gasteiger partial charge on any atom is 0.266 e. The van der Waals surface area contributed by atoms with E-state index in [0.29, 0.717) is 0 Å². The summed E-state index contributed by atoms with van der Waals surface area (Å²) in [4.78, 5) is 12.6. The fourth-order valence-corrected chi connectivity index (χ4v) is 3.39. The molecule has 16 heavy (non-hydrogen) atoms. The highest BCUT2D eigenvalue weighted by atomic mass is 32.1. The lowest BCUT2D eigenvalue weighted by Gasteiger charge is -2.01. The molecule has 0 saturated heterocycles. The highest BCUT2D eigenvalue weighted by molar-refractivity contribution is 7.13. The average Bonchev–Trinajstić information content (AvgIpc) is 2.94. The Balaban J connectivity index is 1.82. The molecule has 1 aliphatic carbocycles. The highest BCUT2D eigenvalue weighted by Crippen LogP contribution is 2.32. The molecule has 0 radical (unpaired) electrons. The number of anilines is 1. The van der Waals surface area contributed by atoms with Crippen molar-refractivity contribution in [1.82, 2.24) is 4.37 Å². The second-order valence-corrected chi connectivity index (χ2v) is 5.44. The van der Waals surface area contributed by atoms with E-state index in [4.69, 9.17) is 0 Å². The van der Waals surface area contributed by atoms with Crippen molar-refractivity contribution in [3.63, 3.8) is 0 Å². The van der Waals surface area contributed by atoms with Gasteiger partial charge in [0.15, 0.2) is 0 Å². The number of hydrogen-bond donors (Lipinski definition) is 1. The second-order valence-electron chi connectivity index (χ2n) is 3.72. The third-order valence-corrected chi connectivity index (χ3v) is 4.39. The van der Waals surface area contributed by atoms with Gasteiger partial charge in [0.2, 0.25) is 0 Å². The molecule has 0 unspecified atom stereocenters. The SMILES string of the molecule is O=C(Nc1snc2c1CCC2)c1cccs1. The number of carbonyl (C=O) groups is 1. The first-order valence-electron chi connectivity index (χ1n) is 5.17. The zero-order chi connectivity index (χ0) is 11.0. The molecule has 2 heterocycles. The predicted octanol–water partition coefficient (Wildman–Crippen LogP) is 2.95. The van der Waals surface area contributed by atoms with Gasteiger partial charge in [0.1, 0.15) is 5.00 Å². The molecule has 0 aromatic carbocycles. The van der Waals surface area contributed by atoms with Gasteiger partial charge in [-0.1, -0.05) is 6.07 Å². The Kier molecular flexibility index (Phi) is 2.49. The summed E-state index contributed by atoms with van der Waals surface area (Å²) in [5.41, 5.74) is 2.42. The summed E-state index contributed by atoms with van der Waals surface area (Å²) < 4.78 is 4.36. The van der Waals surface area contributed by atoms with E-state index >= 15 is 0 Å². The van der Waals surface area contributed by atoms with E-state index in [-0.39, 0.29) is 5.91 Å². The van der Waals surface area contributed by atoms with Gasteiger partial charge in [0.25, 0.3) is 5.91 Å². The van der Waals surface area contributed by atoms with Crippen LogP contribution in [0.4, 0.5) is 5.00 Å². The van der Waals surface area contributed by atoms with Crippen LogP contribution in [0.25, 0.3) is 0 Å². The molecule has 0 aliphatic heterocycles. The quantitative estimate of drug-likeness (QED) is 0.890. The molecule has 1 N–H and O–H groups in total. The van der Waals surface area contributed by atoms with Crippen molar-refractivity contribution in [2.75, 3.05) is 5.32 Å². The van der Waals surface area contributed by atoms with Crippen molar-refractivity contribution >= 4 is 33.8 Å². The zero-order valence-electron chi connectivity index (χ0n) is 8.53. The maximum atomic E-state index is 11.9. The number of aromatic nitrogens is 1. The summed E-state index contributed by atoms with van der Waals surface area (Å²) in [6.07, 6.45) is 3.26. The normalized spacial score (nSPS) is 13.8. The number of hydrogen-bond acceptors (Lipinski definition) is 4. The number of nitrogens with one attached hydrogen (secondary N) is 1. The molecular formula is C11H10N2OS2. The number of amides is 1. The van der Waals surface area contributed by atoms with Crippen LogP contribution >= 0.6 is 22.9 Å². The van der Waals surface area contributed by atoms with Crippen molar-refractivity contribution in [3.05, 3.63) is 33.6 Å². The van der Waals surface area contributed by atoms with Crippen LogP contribution in [-0.4, -0.2) is 10.3 Å². The molecule has 0 saturated carbocycles. The first kappa shape index (κ1) is 9.99. The molecule has 0 atom stereocenters. The van der Waals surface area contributed by atoms with Crippen LogP contribution in [-0.2, 0) is 12.8 Å². The number of thiophene rings is 1. The number of fused-ring (bicyclic) bond motifs is 1. The van der Waals surface area contributed by atoms with Crippen LogP contribution in [0.3, 0.4) is 0 Å². The van der Waals surface area contributed by atoms with Crippen LogP contribution in [0.1, 0.15) is 27.3 Å². The molecule has 0 spiro atoms. The molecule has 3 nitrogen and oxygen atoms in total. The van der Waals surface area contributed by atoms with Gasteiger partial charge in [-0.05, 0) is 42.2 Å². The molecule has 2 aromatic heterocycles. The van der Waals surface area contributed by atoms with Crippen molar-refractivity contribution < 1.29 is 4.79 Å². The van der Waals surface area contributed by atoms with Crippen molar-refractivity contribution in [2.24, 2.45) is 0 Å². The van der Waals surface area contributed by atoms with Crippen LogP contribution in [0, 0.1) is 0 Å². The van der Waals surface area contributed by atoms with Gasteiger partial charge in [0, 0.05) is 5.56 Å². The van der Waals surface area contributed by atoms with Gasteiger partial charge in [-0.3, -0.25) is 4.79 Å². The van der Waals surface area contributed by atoms with Crippen molar-refractivity contribution in [2.45, 2.75) is 19.3 Å². The minimum atomic E-state index is -0.0200. The number of carbonyl (C=O) groups excluding carboxylic acids is 1. The molecule has 5 heteroatoms. The summed E-state index contributed by atoms with van der Waals surface area (Å²) in [6, 6.07) is 3.72. The second kappa shape index (κ2) is 3.99. The number of rotatable bonds is 2. The van der Waals surface area contributed by atoms with Gasteiger partial charge in [-0.15, -0.1) is 11.3 Å². The molecule has 0 bridgehead atoms. The van der Waals surface area contributed by atoms with E-state index in [0.717, 1.165) is 29.1 Å². The van der Waals surface area contributed by atoms with Crippen LogP contribution in [0.15, 0.2) is 17.5 Å². The Morgan fingerprint density at radius 1 is 1.44 bits per heavy atom. The Bertz CT molecular complexity index is 516. The summed E-state index contributed by atoms with van der Waals surface area (Å²) in [5.74, 6) is -0.0200. The number of nitrogens with zero attached hydrogens (tertiary/aromatic N) is 1. The third-order valence-electron chi connectivity index (χ3n) is 2.68. The Morgan fingerprint density at radius 3 is 3.19 bits per heavy atom. The minimum Gasteiger partial charge on any atom is -0.311 e. The Morgan fingerprint density at radius 2 is 2.38 bits per heavy atom. The minimum absolute atomic E-state index is 0.0200. The fraction of sp³-hybridized carbons (Fsp3) is 0.273. The summed E-state index contributed by atoms with van der Waals surface area (Å²) in [6.45, 7) is 0. The van der Waals surface area contributed by atoms with E-state index in [9.17, 15) is 4.79 Å². The molecule has 0 fully saturated rings. The van der Waals surface area contributed by atoms with Gasteiger partial charge in [-0.2, -0.15) is 4.37 Å². The summed E-state index contributed by atoms with van der Waals surface area (Å²) in [5, 5.41) is 5.80. The van der Waals surface area contributed by atoms with Gasteiger partial charge >= 0.3 is 0 Å². The van der Waals surface area contributed by atoms with Crippen molar-refractivity contribution in [1.29, 1.82) is 0 Å². The topological polar surface area (TPSA) is 42.0 Å². The Hall–Kier alpha value is -1.20. The van der Waals surface area contributed by atoms with E-state index in [1.807, 2.05) is 17.5 Å². The maximum absolute atomic E-state index is 11.9. The first-order valence-corrected chi connectivity index (χ1v) is 6.82.